The van der Waals surface area contributed by atoms with Gasteiger partial charge in [0.1, 0.15) is 5.75 Å². The van der Waals surface area contributed by atoms with Crippen molar-refractivity contribution in [2.24, 2.45) is 0 Å². The number of benzene rings is 3. The molecule has 8 rings (SSSR count). The van der Waals surface area contributed by atoms with Gasteiger partial charge in [-0.3, -0.25) is 4.98 Å². The van der Waals surface area contributed by atoms with Crippen molar-refractivity contribution in [1.82, 2.24) is 10.3 Å². The summed E-state index contributed by atoms with van der Waals surface area (Å²) in [5.41, 5.74) is 14.2. The summed E-state index contributed by atoms with van der Waals surface area (Å²) in [5.74, 6) is 1.48. The normalized spacial score (nSPS) is 19.5. The topological polar surface area (TPSA) is 54.4 Å². The zero-order chi connectivity index (χ0) is 33.9. The Kier molecular flexibility index (Phi) is 10.2. The molecule has 4 nitrogen and oxygen atoms in total. The highest BCUT2D eigenvalue weighted by molar-refractivity contribution is 6.17. The van der Waals surface area contributed by atoms with Crippen molar-refractivity contribution in [3.8, 4) is 16.9 Å². The highest BCUT2D eigenvalue weighted by Crippen LogP contribution is 2.50. The van der Waals surface area contributed by atoms with Gasteiger partial charge in [-0.2, -0.15) is 0 Å². The van der Waals surface area contributed by atoms with E-state index in [0.29, 0.717) is 29.7 Å². The number of hydrogen-bond acceptors (Lipinski definition) is 4. The molecule has 0 atom stereocenters. The van der Waals surface area contributed by atoms with Crippen LogP contribution in [0.1, 0.15) is 117 Å². The highest BCUT2D eigenvalue weighted by atomic mass is 16.5. The van der Waals surface area contributed by atoms with E-state index < -0.39 is 0 Å². The Bertz CT molecular complexity index is 1700. The van der Waals surface area contributed by atoms with E-state index in [1.807, 2.05) is 24.5 Å². The molecule has 1 aliphatic heterocycles. The summed E-state index contributed by atoms with van der Waals surface area (Å²) in [6.45, 7) is 16.0. The molecule has 3 saturated carbocycles. The van der Waals surface area contributed by atoms with E-state index >= 15 is 0 Å². The molecule has 4 aliphatic rings. The number of aryl methyl sites for hydroxylation is 3. The van der Waals surface area contributed by atoms with Gasteiger partial charge in [0, 0.05) is 12.4 Å². The maximum absolute atomic E-state index is 8.50. The number of pyridine rings is 1. The molecule has 0 amide bonds. The van der Waals surface area contributed by atoms with Crippen LogP contribution in [0.15, 0.2) is 79.1 Å². The number of rotatable bonds is 7. The van der Waals surface area contributed by atoms with Crippen molar-refractivity contribution in [2.75, 3.05) is 13.1 Å². The van der Waals surface area contributed by atoms with Crippen molar-refractivity contribution >= 4 is 7.69 Å². The van der Waals surface area contributed by atoms with Crippen molar-refractivity contribution in [1.29, 1.82) is 0 Å². The second kappa shape index (κ2) is 14.2. The van der Waals surface area contributed by atoms with Gasteiger partial charge in [-0.15, -0.1) is 0 Å². The minimum absolute atomic E-state index is 0.394. The number of piperidine rings is 1. The molecule has 3 aliphatic carbocycles. The van der Waals surface area contributed by atoms with Crippen LogP contribution in [0.25, 0.3) is 11.1 Å². The highest BCUT2D eigenvalue weighted by Gasteiger charge is 2.41. The SMILES string of the molecule is Cc1cc(-c2ccncc2)ccc1C1(C)CC1.Cc1cc(C2CCNCC2)ccc1C1(C)CC1.Cc1cc(O[B]O)ccc1C1(C)CC1. The van der Waals surface area contributed by atoms with Crippen molar-refractivity contribution in [2.45, 2.75) is 115 Å². The zero-order valence-electron chi connectivity index (χ0n) is 30.0. The van der Waals surface area contributed by atoms with Gasteiger partial charge in [-0.05, 0) is 182 Å². The van der Waals surface area contributed by atoms with E-state index in [4.69, 9.17) is 9.68 Å². The molecular formula is C43H54BN2O2. The Balaban J connectivity index is 0.000000126. The molecule has 0 spiro atoms. The summed E-state index contributed by atoms with van der Waals surface area (Å²) in [7, 11) is 0.716. The second-order valence-corrected chi connectivity index (χ2v) is 15.7. The Morgan fingerprint density at radius 1 is 0.646 bits per heavy atom. The van der Waals surface area contributed by atoms with Crippen LogP contribution in [0.2, 0.25) is 0 Å². The van der Waals surface area contributed by atoms with Crippen molar-refractivity contribution < 1.29 is 9.68 Å². The van der Waals surface area contributed by atoms with Gasteiger partial charge in [-0.25, -0.2) is 0 Å². The lowest BCUT2D eigenvalue weighted by molar-refractivity contribution is 0.453. The summed E-state index contributed by atoms with van der Waals surface area (Å²) in [5, 5.41) is 11.9. The van der Waals surface area contributed by atoms with E-state index in [9.17, 15) is 0 Å². The number of aromatic nitrogens is 1. The molecule has 1 radical (unpaired) electrons. The number of nitrogens with zero attached hydrogens (tertiary/aromatic N) is 1. The van der Waals surface area contributed by atoms with Crippen LogP contribution in [0.3, 0.4) is 0 Å². The van der Waals surface area contributed by atoms with Crippen LogP contribution >= 0.6 is 0 Å². The molecular weight excluding hydrogens is 587 g/mol. The van der Waals surface area contributed by atoms with Crippen LogP contribution in [0.4, 0.5) is 0 Å². The molecule has 251 valence electrons. The molecule has 4 fully saturated rings. The standard InChI is InChI=1S/C16H23N.C16H17N.C11H14BO2/c2*1-12-11-14(13-5-9-17-10-6-13)3-4-15(12)16(2)7-8-16;1-8-7-9(14-12-13)3-4-10(8)11(2)5-6-11/h3-4,11,13,17H,5-10H2,1-2H3;3-6,9-11H,7-8H2,1-2H3;3-4,7,13H,5-6H2,1-2H3. The maximum Gasteiger partial charge on any atom is 0.569 e. The molecule has 2 heterocycles. The molecule has 1 aromatic heterocycles. The Hall–Kier alpha value is -3.41. The third-order valence-corrected chi connectivity index (χ3v) is 11.6. The van der Waals surface area contributed by atoms with E-state index in [1.165, 1.54) is 103 Å². The second-order valence-electron chi connectivity index (χ2n) is 15.7. The predicted octanol–water partition coefficient (Wildman–Crippen LogP) is 9.57. The van der Waals surface area contributed by atoms with Gasteiger partial charge in [0.05, 0.1) is 0 Å². The van der Waals surface area contributed by atoms with Gasteiger partial charge in [0.25, 0.3) is 0 Å². The average Bonchev–Trinajstić information content (AvgIpc) is 4.04. The number of nitrogens with one attached hydrogen (secondary N) is 1. The lowest BCUT2D eigenvalue weighted by atomic mass is 9.86. The molecule has 4 aromatic rings. The van der Waals surface area contributed by atoms with Crippen LogP contribution in [0, 0.1) is 20.8 Å². The first-order valence-electron chi connectivity index (χ1n) is 18.1. The van der Waals surface area contributed by atoms with Gasteiger partial charge in [0.2, 0.25) is 0 Å². The molecule has 0 unspecified atom stereocenters. The van der Waals surface area contributed by atoms with E-state index in [0.717, 1.165) is 5.92 Å². The molecule has 2 N–H and O–H groups in total. The summed E-state index contributed by atoms with van der Waals surface area (Å²) in [4.78, 5) is 4.06. The summed E-state index contributed by atoms with van der Waals surface area (Å²) >= 11 is 0. The maximum atomic E-state index is 8.50. The van der Waals surface area contributed by atoms with Crippen molar-refractivity contribution in [3.05, 3.63) is 118 Å². The third-order valence-electron chi connectivity index (χ3n) is 11.6. The summed E-state index contributed by atoms with van der Waals surface area (Å²) < 4.78 is 4.91. The quantitative estimate of drug-likeness (QED) is 0.197. The van der Waals surface area contributed by atoms with Crippen LogP contribution in [-0.4, -0.2) is 30.8 Å². The predicted molar refractivity (Wildman–Crippen MR) is 200 cm³/mol. The fourth-order valence-corrected chi connectivity index (χ4v) is 7.66. The first-order valence-corrected chi connectivity index (χ1v) is 18.1. The number of hydrogen-bond donors (Lipinski definition) is 2. The molecule has 5 heteroatoms. The fourth-order valence-electron chi connectivity index (χ4n) is 7.66. The minimum atomic E-state index is 0.394. The van der Waals surface area contributed by atoms with Gasteiger partial charge in [-0.1, -0.05) is 63.2 Å². The Morgan fingerprint density at radius 2 is 1.15 bits per heavy atom. The molecule has 48 heavy (non-hydrogen) atoms. The summed E-state index contributed by atoms with van der Waals surface area (Å²) in [6.07, 6.45) is 14.3. The largest absolute Gasteiger partial charge is 0.569 e. The lowest BCUT2D eigenvalue weighted by Crippen LogP contribution is -2.26. The Labute approximate surface area is 290 Å². The fraction of sp³-hybridized carbons (Fsp3) is 0.465. The first-order chi connectivity index (χ1) is 23.0. The van der Waals surface area contributed by atoms with Crippen LogP contribution in [-0.2, 0) is 16.2 Å². The van der Waals surface area contributed by atoms with Gasteiger partial charge >= 0.3 is 7.69 Å². The van der Waals surface area contributed by atoms with Crippen LogP contribution in [0.5, 0.6) is 5.75 Å². The molecule has 0 bridgehead atoms. The monoisotopic (exact) mass is 641 g/mol. The van der Waals surface area contributed by atoms with E-state index in [1.54, 1.807) is 11.1 Å². The lowest BCUT2D eigenvalue weighted by Gasteiger charge is -2.24. The third kappa shape index (κ3) is 8.06. The Morgan fingerprint density at radius 3 is 1.62 bits per heavy atom. The van der Waals surface area contributed by atoms with Crippen molar-refractivity contribution in [3.63, 3.8) is 0 Å². The zero-order valence-corrected chi connectivity index (χ0v) is 30.0. The minimum Gasteiger partial charge on any atom is -0.537 e. The molecule has 1 saturated heterocycles. The summed E-state index contributed by atoms with van der Waals surface area (Å²) in [6, 6.07) is 24.2. The van der Waals surface area contributed by atoms with Gasteiger partial charge < -0.3 is 15.0 Å². The molecule has 3 aromatic carbocycles. The average molecular weight is 642 g/mol. The van der Waals surface area contributed by atoms with E-state index in [2.05, 4.69) is 106 Å². The van der Waals surface area contributed by atoms with Crippen LogP contribution < -0.4 is 9.97 Å². The van der Waals surface area contributed by atoms with Gasteiger partial charge in [0.15, 0.2) is 0 Å². The smallest absolute Gasteiger partial charge is 0.537 e. The van der Waals surface area contributed by atoms with E-state index in [-0.39, 0.29) is 0 Å². The first kappa shape index (κ1) is 34.5.